The summed E-state index contributed by atoms with van der Waals surface area (Å²) < 4.78 is 5.55. The van der Waals surface area contributed by atoms with Crippen LogP contribution in [-0.2, 0) is 4.79 Å². The van der Waals surface area contributed by atoms with Crippen LogP contribution in [0.15, 0.2) is 48.5 Å². The summed E-state index contributed by atoms with van der Waals surface area (Å²) >= 11 is 0. The predicted molar refractivity (Wildman–Crippen MR) is 84.3 cm³/mol. The summed E-state index contributed by atoms with van der Waals surface area (Å²) in [5.41, 5.74) is 8.61. The van der Waals surface area contributed by atoms with Gasteiger partial charge in [-0.25, -0.2) is 0 Å². The third kappa shape index (κ3) is 4.33. The summed E-state index contributed by atoms with van der Waals surface area (Å²) in [4.78, 5) is 11.8. The van der Waals surface area contributed by atoms with E-state index in [9.17, 15) is 4.79 Å². The quantitative estimate of drug-likeness (QED) is 0.887. The number of benzene rings is 2. The average Bonchev–Trinajstić information content (AvgIpc) is 2.47. The predicted octanol–water partition coefficient (Wildman–Crippen LogP) is 3.03. The van der Waals surface area contributed by atoms with E-state index < -0.39 is 0 Å². The second-order valence-electron chi connectivity index (χ2n) is 5.02. The van der Waals surface area contributed by atoms with Gasteiger partial charge in [0.2, 0.25) is 0 Å². The van der Waals surface area contributed by atoms with Gasteiger partial charge in [0, 0.05) is 11.7 Å². The molecule has 0 heterocycles. The lowest BCUT2D eigenvalue weighted by Crippen LogP contribution is -2.20. The molecule has 0 bridgehead atoms. The normalized spacial score (nSPS) is 11.8. The van der Waals surface area contributed by atoms with E-state index in [2.05, 4.69) is 5.32 Å². The van der Waals surface area contributed by atoms with Crippen LogP contribution in [0.5, 0.6) is 5.75 Å². The highest BCUT2D eigenvalue weighted by Crippen LogP contribution is 2.21. The van der Waals surface area contributed by atoms with Gasteiger partial charge in [0.05, 0.1) is 0 Å². The minimum atomic E-state index is -0.183. The fourth-order valence-corrected chi connectivity index (χ4v) is 1.98. The summed E-state index contributed by atoms with van der Waals surface area (Å²) in [5, 5.41) is 2.78. The smallest absolute Gasteiger partial charge is 0.262 e. The molecular weight excluding hydrogens is 264 g/mol. The summed E-state index contributed by atoms with van der Waals surface area (Å²) in [5.74, 6) is 0.513. The number of anilines is 1. The molecule has 4 nitrogen and oxygen atoms in total. The van der Waals surface area contributed by atoms with Crippen LogP contribution < -0.4 is 15.8 Å². The van der Waals surface area contributed by atoms with Gasteiger partial charge in [0.1, 0.15) is 5.75 Å². The summed E-state index contributed by atoms with van der Waals surface area (Å²) in [6.07, 6.45) is 0. The van der Waals surface area contributed by atoms with Crippen LogP contribution in [0.2, 0.25) is 0 Å². The summed E-state index contributed by atoms with van der Waals surface area (Å²) in [6.45, 7) is 3.85. The first-order chi connectivity index (χ1) is 10.1. The molecule has 2 aromatic carbocycles. The molecule has 0 unspecified atom stereocenters. The van der Waals surface area contributed by atoms with Crippen molar-refractivity contribution < 1.29 is 9.53 Å². The molecule has 2 aromatic rings. The van der Waals surface area contributed by atoms with Gasteiger partial charge in [-0.15, -0.1) is 0 Å². The van der Waals surface area contributed by atoms with Crippen molar-refractivity contribution in [1.29, 1.82) is 0 Å². The molecular formula is C17H20N2O2. The number of nitrogens with two attached hydrogens (primary N) is 1. The van der Waals surface area contributed by atoms with E-state index in [-0.39, 0.29) is 18.6 Å². The van der Waals surface area contributed by atoms with Gasteiger partial charge < -0.3 is 15.8 Å². The fraction of sp³-hybridized carbons (Fsp3) is 0.235. The molecule has 1 atom stereocenters. The number of hydrogen-bond acceptors (Lipinski definition) is 3. The monoisotopic (exact) mass is 284 g/mol. The first-order valence-corrected chi connectivity index (χ1v) is 6.90. The van der Waals surface area contributed by atoms with Gasteiger partial charge in [-0.2, -0.15) is 0 Å². The van der Waals surface area contributed by atoms with E-state index in [0.717, 1.165) is 16.8 Å². The van der Waals surface area contributed by atoms with Crippen molar-refractivity contribution >= 4 is 11.6 Å². The lowest BCUT2D eigenvalue weighted by molar-refractivity contribution is -0.118. The van der Waals surface area contributed by atoms with Crippen molar-refractivity contribution in [2.24, 2.45) is 5.73 Å². The zero-order valence-corrected chi connectivity index (χ0v) is 12.3. The van der Waals surface area contributed by atoms with Crippen LogP contribution in [0.25, 0.3) is 0 Å². The Hall–Kier alpha value is -2.33. The number of nitrogens with one attached hydrogen (secondary N) is 1. The molecule has 110 valence electrons. The van der Waals surface area contributed by atoms with Crippen LogP contribution in [0.1, 0.15) is 24.1 Å². The Balaban J connectivity index is 1.92. The minimum Gasteiger partial charge on any atom is -0.483 e. The number of ether oxygens (including phenoxy) is 1. The van der Waals surface area contributed by atoms with Gasteiger partial charge >= 0.3 is 0 Å². The maximum atomic E-state index is 11.8. The molecule has 3 N–H and O–H groups in total. The van der Waals surface area contributed by atoms with E-state index in [0.29, 0.717) is 5.75 Å². The van der Waals surface area contributed by atoms with E-state index >= 15 is 0 Å². The van der Waals surface area contributed by atoms with E-state index in [1.54, 1.807) is 0 Å². The van der Waals surface area contributed by atoms with Crippen molar-refractivity contribution in [2.45, 2.75) is 19.9 Å². The van der Waals surface area contributed by atoms with Crippen molar-refractivity contribution in [3.8, 4) is 5.75 Å². The van der Waals surface area contributed by atoms with Crippen molar-refractivity contribution in [3.05, 3.63) is 59.7 Å². The second-order valence-corrected chi connectivity index (χ2v) is 5.02. The minimum absolute atomic E-state index is 0.0147. The molecule has 0 spiro atoms. The van der Waals surface area contributed by atoms with Crippen LogP contribution in [0, 0.1) is 6.92 Å². The third-order valence-electron chi connectivity index (χ3n) is 3.14. The van der Waals surface area contributed by atoms with Gasteiger partial charge in [-0.05, 0) is 43.2 Å². The number of amides is 1. The molecule has 0 fully saturated rings. The number of para-hydroxylation sites is 1. The molecule has 0 saturated carbocycles. The lowest BCUT2D eigenvalue weighted by Gasteiger charge is -2.12. The van der Waals surface area contributed by atoms with Crippen molar-refractivity contribution in [1.82, 2.24) is 0 Å². The van der Waals surface area contributed by atoms with Crippen molar-refractivity contribution in [3.63, 3.8) is 0 Å². The number of hydrogen-bond donors (Lipinski definition) is 2. The topological polar surface area (TPSA) is 64.3 Å². The molecule has 21 heavy (non-hydrogen) atoms. The molecule has 0 aromatic heterocycles. The second kappa shape index (κ2) is 6.90. The molecule has 0 saturated heterocycles. The highest BCUT2D eigenvalue weighted by Gasteiger charge is 2.07. The standard InChI is InChI=1S/C17H20N2O2/c1-12-10-14(13(2)18)8-9-16(12)21-11-17(20)19-15-6-4-3-5-7-15/h3-10,13H,11,18H2,1-2H3,(H,19,20)/t13-/m0/s1. The Morgan fingerprint density at radius 3 is 2.57 bits per heavy atom. The van der Waals surface area contributed by atoms with Gasteiger partial charge in [0.25, 0.3) is 5.91 Å². The Bertz CT molecular complexity index is 609. The van der Waals surface area contributed by atoms with Crippen LogP contribution in [0.3, 0.4) is 0 Å². The van der Waals surface area contributed by atoms with Gasteiger partial charge in [-0.3, -0.25) is 4.79 Å². The Morgan fingerprint density at radius 1 is 1.24 bits per heavy atom. The Morgan fingerprint density at radius 2 is 1.95 bits per heavy atom. The Kier molecular flexibility index (Phi) is 4.95. The number of rotatable bonds is 5. The molecule has 0 aliphatic heterocycles. The zero-order valence-electron chi connectivity index (χ0n) is 12.3. The van der Waals surface area contributed by atoms with Crippen molar-refractivity contribution in [2.75, 3.05) is 11.9 Å². The third-order valence-corrected chi connectivity index (χ3v) is 3.14. The van der Waals surface area contributed by atoms with Crippen LogP contribution in [0.4, 0.5) is 5.69 Å². The SMILES string of the molecule is Cc1cc([C@H](C)N)ccc1OCC(=O)Nc1ccccc1. The van der Waals surface area contributed by atoms with E-state index in [1.807, 2.05) is 62.4 Å². The van der Waals surface area contributed by atoms with E-state index in [4.69, 9.17) is 10.5 Å². The number of carbonyl (C=O) groups is 1. The summed E-state index contributed by atoms with van der Waals surface area (Å²) in [6, 6.07) is 15.0. The number of carbonyl (C=O) groups excluding carboxylic acids is 1. The highest BCUT2D eigenvalue weighted by molar-refractivity contribution is 5.91. The van der Waals surface area contributed by atoms with E-state index in [1.165, 1.54) is 0 Å². The highest BCUT2D eigenvalue weighted by atomic mass is 16.5. The Labute approximate surface area is 124 Å². The first kappa shape index (κ1) is 15.1. The zero-order chi connectivity index (χ0) is 15.2. The molecule has 2 rings (SSSR count). The molecule has 0 radical (unpaired) electrons. The van der Waals surface area contributed by atoms with Crippen LogP contribution >= 0.6 is 0 Å². The molecule has 0 aliphatic rings. The largest absolute Gasteiger partial charge is 0.483 e. The fourth-order valence-electron chi connectivity index (χ4n) is 1.98. The van der Waals surface area contributed by atoms with Crippen LogP contribution in [-0.4, -0.2) is 12.5 Å². The number of aryl methyl sites for hydroxylation is 1. The molecule has 1 amide bonds. The van der Waals surface area contributed by atoms with Gasteiger partial charge in [-0.1, -0.05) is 30.3 Å². The summed E-state index contributed by atoms with van der Waals surface area (Å²) in [7, 11) is 0. The molecule has 0 aliphatic carbocycles. The maximum Gasteiger partial charge on any atom is 0.262 e. The lowest BCUT2D eigenvalue weighted by atomic mass is 10.1. The molecule has 4 heteroatoms. The average molecular weight is 284 g/mol. The maximum absolute atomic E-state index is 11.8. The first-order valence-electron chi connectivity index (χ1n) is 6.90. The van der Waals surface area contributed by atoms with Gasteiger partial charge in [0.15, 0.2) is 6.61 Å².